The molecule has 3 aliphatic carbocycles. The number of carbonyl (C=O) groups excluding carboxylic acids is 3. The SMILES string of the molecule is CC(NCc1cc(N(C)C)c2c(c1O)C(O)=C1C(=O)[C@]3(O)C(O)=C(C(N)=O)C(=O)C(N(C)C)[C@@H]3C[C@H]1C2)C(F)(F)F. The zero-order valence-corrected chi connectivity index (χ0v) is 23.1. The number of phenols is 1. The Morgan fingerprint density at radius 3 is 2.32 bits per heavy atom. The Hall–Kier alpha value is -3.62. The highest BCUT2D eigenvalue weighted by atomic mass is 19.4. The van der Waals surface area contributed by atoms with E-state index < -0.39 is 82.6 Å². The molecule has 1 fully saturated rings. The second-order valence-corrected chi connectivity index (χ2v) is 11.3. The molecule has 7 N–H and O–H groups in total. The Bertz CT molecular complexity index is 1400. The fraction of sp³-hybridized carbons (Fsp3) is 0.519. The van der Waals surface area contributed by atoms with Gasteiger partial charge in [0.05, 0.1) is 11.6 Å². The highest BCUT2D eigenvalue weighted by molar-refractivity contribution is 6.24. The number of Topliss-reactive ketones (excluding diaryl/α,β-unsaturated/α-hetero) is 2. The first-order valence-corrected chi connectivity index (χ1v) is 12.8. The third kappa shape index (κ3) is 4.53. The third-order valence-electron chi connectivity index (χ3n) is 8.35. The molecule has 14 heteroatoms. The maximum absolute atomic E-state index is 14.0. The number of alkyl halides is 3. The number of anilines is 1. The van der Waals surface area contributed by atoms with Gasteiger partial charge in [-0.3, -0.25) is 19.3 Å². The van der Waals surface area contributed by atoms with E-state index in [0.29, 0.717) is 11.3 Å². The van der Waals surface area contributed by atoms with Crippen molar-refractivity contribution in [3.8, 4) is 5.75 Å². The Morgan fingerprint density at radius 1 is 1.20 bits per heavy atom. The van der Waals surface area contributed by atoms with Gasteiger partial charge in [0.1, 0.15) is 28.9 Å². The lowest BCUT2D eigenvalue weighted by atomic mass is 9.57. The van der Waals surface area contributed by atoms with Crippen LogP contribution in [0.1, 0.15) is 30.0 Å². The molecule has 0 radical (unpaired) electrons. The molecule has 1 amide bonds. The van der Waals surface area contributed by atoms with Crippen LogP contribution in [-0.2, 0) is 27.3 Å². The number of aliphatic hydroxyl groups is 3. The molecule has 224 valence electrons. The second-order valence-electron chi connectivity index (χ2n) is 11.3. The van der Waals surface area contributed by atoms with Crippen molar-refractivity contribution < 1.29 is 48.0 Å². The van der Waals surface area contributed by atoms with Crippen LogP contribution in [0.4, 0.5) is 18.9 Å². The van der Waals surface area contributed by atoms with Crippen molar-refractivity contribution in [2.75, 3.05) is 33.1 Å². The number of aliphatic hydroxyl groups excluding tert-OH is 2. The van der Waals surface area contributed by atoms with Crippen LogP contribution in [0.3, 0.4) is 0 Å². The van der Waals surface area contributed by atoms with Crippen LogP contribution in [0.5, 0.6) is 5.75 Å². The van der Waals surface area contributed by atoms with Crippen LogP contribution in [0.2, 0.25) is 0 Å². The number of halogens is 3. The van der Waals surface area contributed by atoms with Gasteiger partial charge < -0.3 is 36.4 Å². The quantitative estimate of drug-likeness (QED) is 0.266. The zero-order chi connectivity index (χ0) is 30.9. The van der Waals surface area contributed by atoms with Crippen LogP contribution in [0, 0.1) is 11.8 Å². The summed E-state index contributed by atoms with van der Waals surface area (Å²) >= 11 is 0. The number of rotatable bonds is 6. The molecule has 0 heterocycles. The number of benzene rings is 1. The van der Waals surface area contributed by atoms with Gasteiger partial charge in [-0.2, -0.15) is 13.2 Å². The Labute approximate surface area is 233 Å². The summed E-state index contributed by atoms with van der Waals surface area (Å²) in [6.07, 6.45) is -4.56. The number of nitrogens with zero attached hydrogens (tertiary/aromatic N) is 2. The van der Waals surface area contributed by atoms with Crippen LogP contribution in [0.25, 0.3) is 5.76 Å². The van der Waals surface area contributed by atoms with Gasteiger partial charge in [-0.25, -0.2) is 0 Å². The number of ketones is 2. The van der Waals surface area contributed by atoms with E-state index in [0.717, 1.165) is 6.92 Å². The molecule has 4 rings (SSSR count). The molecular formula is C27H33F3N4O7. The Morgan fingerprint density at radius 2 is 1.80 bits per heavy atom. The standard InChI is InChI=1S/C27H33F3N4O7/c1-10(27(28,29)30)32-9-12-8-15(33(2)3)13-6-11-7-14-19(34(4)5)22(37)18(25(31)40)24(39)26(14,41)23(38)16(11)21(36)17(13)20(12)35/h8,10-11,14,19,32,35-36,39,41H,6-7,9H2,1-5H3,(H2,31,40)/t10?,11-,14+,19?,26+/m1/s1. The van der Waals surface area contributed by atoms with Crippen molar-refractivity contribution in [1.82, 2.24) is 10.2 Å². The maximum Gasteiger partial charge on any atom is 0.403 e. The topological polar surface area (TPSA) is 177 Å². The van der Waals surface area contributed by atoms with Crippen molar-refractivity contribution in [2.24, 2.45) is 17.6 Å². The van der Waals surface area contributed by atoms with Gasteiger partial charge in [0, 0.05) is 43.4 Å². The van der Waals surface area contributed by atoms with E-state index in [2.05, 4.69) is 5.32 Å². The van der Waals surface area contributed by atoms with Crippen LogP contribution < -0.4 is 16.0 Å². The van der Waals surface area contributed by atoms with E-state index in [9.17, 15) is 48.0 Å². The number of fused-ring (bicyclic) bond motifs is 3. The number of amides is 1. The molecule has 0 aromatic heterocycles. The van der Waals surface area contributed by atoms with Gasteiger partial charge in [0.25, 0.3) is 5.91 Å². The molecule has 0 aliphatic heterocycles. The fourth-order valence-electron chi connectivity index (χ4n) is 6.26. The maximum atomic E-state index is 14.0. The second kappa shape index (κ2) is 10.0. The molecule has 0 saturated heterocycles. The van der Waals surface area contributed by atoms with E-state index >= 15 is 0 Å². The minimum Gasteiger partial charge on any atom is -0.508 e. The third-order valence-corrected chi connectivity index (χ3v) is 8.35. The van der Waals surface area contributed by atoms with Crippen molar-refractivity contribution in [2.45, 2.75) is 50.2 Å². The molecule has 1 aromatic carbocycles. The summed E-state index contributed by atoms with van der Waals surface area (Å²) in [6, 6.07) is -1.63. The van der Waals surface area contributed by atoms with E-state index in [1.165, 1.54) is 25.1 Å². The Kier molecular flexibility index (Phi) is 7.42. The minimum absolute atomic E-state index is 0.0173. The first-order chi connectivity index (χ1) is 18.8. The number of primary amides is 1. The minimum atomic E-state index is -4.54. The van der Waals surface area contributed by atoms with Crippen molar-refractivity contribution in [3.63, 3.8) is 0 Å². The number of hydrogen-bond donors (Lipinski definition) is 6. The summed E-state index contributed by atoms with van der Waals surface area (Å²) < 4.78 is 39.3. The lowest BCUT2D eigenvalue weighted by Gasteiger charge is -2.50. The van der Waals surface area contributed by atoms with Crippen LogP contribution in [-0.4, -0.2) is 94.9 Å². The van der Waals surface area contributed by atoms with Crippen molar-refractivity contribution in [1.29, 1.82) is 0 Å². The van der Waals surface area contributed by atoms with E-state index in [-0.39, 0.29) is 29.5 Å². The van der Waals surface area contributed by atoms with E-state index in [4.69, 9.17) is 5.73 Å². The number of phenolic OH excluding ortho intramolecular Hbond substituents is 1. The average molecular weight is 583 g/mol. The number of nitrogens with two attached hydrogens (primary N) is 1. The van der Waals surface area contributed by atoms with Gasteiger partial charge in [-0.15, -0.1) is 0 Å². The van der Waals surface area contributed by atoms with Crippen molar-refractivity contribution in [3.05, 3.63) is 39.7 Å². The largest absolute Gasteiger partial charge is 0.508 e. The molecule has 3 aliphatic rings. The summed E-state index contributed by atoms with van der Waals surface area (Å²) in [5.41, 5.74) is 1.98. The van der Waals surface area contributed by atoms with Gasteiger partial charge in [-0.1, -0.05) is 0 Å². The van der Waals surface area contributed by atoms with Gasteiger partial charge in [0.2, 0.25) is 5.78 Å². The zero-order valence-electron chi connectivity index (χ0n) is 23.1. The monoisotopic (exact) mass is 582 g/mol. The van der Waals surface area contributed by atoms with E-state index in [1.807, 2.05) is 0 Å². The summed E-state index contributed by atoms with van der Waals surface area (Å²) in [4.78, 5) is 42.3. The first kappa shape index (κ1) is 30.3. The fourth-order valence-corrected chi connectivity index (χ4v) is 6.26. The molecule has 1 saturated carbocycles. The van der Waals surface area contributed by atoms with Crippen LogP contribution >= 0.6 is 0 Å². The summed E-state index contributed by atoms with van der Waals surface area (Å²) in [6.45, 7) is 0.491. The predicted molar refractivity (Wildman–Crippen MR) is 141 cm³/mol. The number of nitrogens with one attached hydrogen (secondary N) is 1. The normalized spacial score (nSPS) is 27.0. The smallest absolute Gasteiger partial charge is 0.403 e. The van der Waals surface area contributed by atoms with Crippen molar-refractivity contribution >= 4 is 28.9 Å². The summed E-state index contributed by atoms with van der Waals surface area (Å²) in [5, 5.41) is 47.5. The molecule has 11 nitrogen and oxygen atoms in total. The number of hydrogen-bond acceptors (Lipinski definition) is 10. The van der Waals surface area contributed by atoms with E-state index in [1.54, 1.807) is 19.0 Å². The molecule has 41 heavy (non-hydrogen) atoms. The molecule has 0 spiro atoms. The predicted octanol–water partition coefficient (Wildman–Crippen LogP) is 1.07. The Balaban J connectivity index is 1.92. The average Bonchev–Trinajstić information content (AvgIpc) is 2.84. The lowest BCUT2D eigenvalue weighted by molar-refractivity contribution is -0.154. The lowest BCUT2D eigenvalue weighted by Crippen LogP contribution is -2.65. The number of likely N-dealkylation sites (N-methyl/N-ethyl adjacent to an activating group) is 1. The molecular weight excluding hydrogens is 549 g/mol. The summed E-state index contributed by atoms with van der Waals surface area (Å²) in [5.74, 6) is -7.83. The first-order valence-electron chi connectivity index (χ1n) is 12.8. The number of aromatic hydroxyl groups is 1. The summed E-state index contributed by atoms with van der Waals surface area (Å²) in [7, 11) is 6.34. The van der Waals surface area contributed by atoms with Crippen LogP contribution in [0.15, 0.2) is 23.0 Å². The van der Waals surface area contributed by atoms with Gasteiger partial charge in [0.15, 0.2) is 11.4 Å². The molecule has 2 unspecified atom stereocenters. The highest BCUT2D eigenvalue weighted by Gasteiger charge is 2.64. The molecule has 1 aromatic rings. The highest BCUT2D eigenvalue weighted by Crippen LogP contribution is 2.54. The van der Waals surface area contributed by atoms with Gasteiger partial charge in [-0.05, 0) is 51.4 Å². The van der Waals surface area contributed by atoms with Gasteiger partial charge >= 0.3 is 6.18 Å². The molecule has 0 bridgehead atoms. The molecule has 5 atom stereocenters. The number of carbonyl (C=O) groups is 3.